The molecule has 1 aliphatic rings. The molecule has 0 spiro atoms. The summed E-state index contributed by atoms with van der Waals surface area (Å²) in [4.78, 5) is 15.1. The lowest BCUT2D eigenvalue weighted by Gasteiger charge is -2.16. The predicted octanol–water partition coefficient (Wildman–Crippen LogP) is 3.70. The zero-order chi connectivity index (χ0) is 24.9. The lowest BCUT2D eigenvalue weighted by atomic mass is 9.98. The third-order valence-corrected chi connectivity index (χ3v) is 6.30. The standard InChI is InChI=1S/C26H24ClN5O3/c1-4-30-14-20(18-7-5-6-8-22(18)30)21-15-32(35)26(34)24(21)25-19-11-16(27)9-10-23(19)31(28-25)13-17(33)12-29(2)3/h4-11,14-15,17,33H,1,12-13H2,2-3H3. The number of fused-ring (bicyclic) bond motifs is 2. The normalized spacial score (nSPS) is 15.0. The number of para-hydroxylation sites is 1. The number of hydroxylamine groups is 1. The van der Waals surface area contributed by atoms with Gasteiger partial charge >= 0.3 is 5.91 Å². The highest BCUT2D eigenvalue weighted by atomic mass is 35.5. The van der Waals surface area contributed by atoms with Crippen LogP contribution in [-0.4, -0.2) is 68.0 Å². The molecule has 4 aromatic rings. The van der Waals surface area contributed by atoms with Gasteiger partial charge in [-0.05, 0) is 38.4 Å². The van der Waals surface area contributed by atoms with Gasteiger partial charge in [-0.2, -0.15) is 5.10 Å². The van der Waals surface area contributed by atoms with Crippen LogP contribution in [0.25, 0.3) is 39.2 Å². The SMILES string of the molecule is C=Cn1cc(C2=C(c3nn(CC(O)CN(C)C)c4ccc(Cl)cc34)C(=O)[N+]([O-])=C2)c2ccccc21. The van der Waals surface area contributed by atoms with Gasteiger partial charge < -0.3 is 19.8 Å². The lowest BCUT2D eigenvalue weighted by Crippen LogP contribution is -2.29. The number of hydrogen-bond donors (Lipinski definition) is 1. The van der Waals surface area contributed by atoms with Crippen molar-refractivity contribution in [2.45, 2.75) is 12.6 Å². The van der Waals surface area contributed by atoms with Crippen molar-refractivity contribution < 1.29 is 14.6 Å². The van der Waals surface area contributed by atoms with E-state index in [2.05, 4.69) is 6.58 Å². The van der Waals surface area contributed by atoms with Crippen molar-refractivity contribution in [2.24, 2.45) is 0 Å². The van der Waals surface area contributed by atoms with Crippen LogP contribution < -0.4 is 0 Å². The molecular weight excluding hydrogens is 466 g/mol. The van der Waals surface area contributed by atoms with Gasteiger partial charge in [0, 0.05) is 40.3 Å². The van der Waals surface area contributed by atoms with Crippen LogP contribution in [-0.2, 0) is 11.3 Å². The van der Waals surface area contributed by atoms with Crippen LogP contribution in [0.1, 0.15) is 11.3 Å². The van der Waals surface area contributed by atoms with E-state index in [9.17, 15) is 15.1 Å². The Kier molecular flexibility index (Phi) is 5.80. The van der Waals surface area contributed by atoms with E-state index in [-0.39, 0.29) is 12.1 Å². The number of hydrogen-bond acceptors (Lipinski definition) is 5. The number of amides is 1. The van der Waals surface area contributed by atoms with E-state index in [4.69, 9.17) is 16.7 Å². The molecule has 0 fully saturated rings. The van der Waals surface area contributed by atoms with Gasteiger partial charge in [-0.25, -0.2) is 4.79 Å². The molecule has 3 heterocycles. The van der Waals surface area contributed by atoms with Crippen LogP contribution in [0.4, 0.5) is 0 Å². The molecule has 0 aliphatic carbocycles. The molecule has 1 N–H and O–H groups in total. The Morgan fingerprint density at radius 1 is 1.23 bits per heavy atom. The number of carbonyl (C=O) groups is 1. The Labute approximate surface area is 206 Å². The second kappa shape index (κ2) is 8.81. The number of rotatable bonds is 7. The summed E-state index contributed by atoms with van der Waals surface area (Å²) in [7, 11) is 3.75. The fourth-order valence-electron chi connectivity index (χ4n) is 4.62. The molecule has 5 rings (SSSR count). The Morgan fingerprint density at radius 2 is 2.00 bits per heavy atom. The highest BCUT2D eigenvalue weighted by molar-refractivity contribution is 6.40. The average molecular weight is 490 g/mol. The molecule has 9 heteroatoms. The maximum absolute atomic E-state index is 13.2. The fraction of sp³-hybridized carbons (Fsp3) is 0.192. The molecule has 1 aliphatic heterocycles. The largest absolute Gasteiger partial charge is 0.616 e. The number of aliphatic hydroxyl groups excluding tert-OH is 1. The summed E-state index contributed by atoms with van der Waals surface area (Å²) >= 11 is 6.31. The van der Waals surface area contributed by atoms with Gasteiger partial charge in [-0.3, -0.25) is 4.68 Å². The molecule has 35 heavy (non-hydrogen) atoms. The molecule has 1 amide bonds. The van der Waals surface area contributed by atoms with Crippen molar-refractivity contribution >= 4 is 62.9 Å². The van der Waals surface area contributed by atoms with E-state index in [1.165, 1.54) is 6.21 Å². The van der Waals surface area contributed by atoms with Crippen LogP contribution in [0.5, 0.6) is 0 Å². The lowest BCUT2D eigenvalue weighted by molar-refractivity contribution is -0.366. The molecule has 2 aromatic carbocycles. The van der Waals surface area contributed by atoms with Gasteiger partial charge in [0.15, 0.2) is 6.21 Å². The topological polar surface area (TPSA) is 89.4 Å². The summed E-state index contributed by atoms with van der Waals surface area (Å²) < 4.78 is 3.85. The van der Waals surface area contributed by atoms with Gasteiger partial charge in [0.1, 0.15) is 11.3 Å². The summed E-state index contributed by atoms with van der Waals surface area (Å²) in [5, 5.41) is 29.9. The van der Waals surface area contributed by atoms with Crippen molar-refractivity contribution in [2.75, 3.05) is 20.6 Å². The Bertz CT molecular complexity index is 1560. The molecule has 0 bridgehead atoms. The first-order valence-corrected chi connectivity index (χ1v) is 11.5. The third kappa shape index (κ3) is 3.95. The second-order valence-electron chi connectivity index (χ2n) is 8.81. The van der Waals surface area contributed by atoms with Crippen molar-refractivity contribution in [3.05, 3.63) is 76.7 Å². The Morgan fingerprint density at radius 3 is 2.74 bits per heavy atom. The zero-order valence-corrected chi connectivity index (χ0v) is 20.1. The van der Waals surface area contributed by atoms with Gasteiger partial charge in [-0.1, -0.05) is 36.4 Å². The number of halogens is 1. The molecule has 2 aromatic heterocycles. The van der Waals surface area contributed by atoms with Gasteiger partial charge in [0.2, 0.25) is 0 Å². The maximum atomic E-state index is 13.2. The monoisotopic (exact) mass is 489 g/mol. The van der Waals surface area contributed by atoms with E-state index < -0.39 is 12.0 Å². The fourth-order valence-corrected chi connectivity index (χ4v) is 4.80. The quantitative estimate of drug-likeness (QED) is 0.316. The highest BCUT2D eigenvalue weighted by Gasteiger charge is 2.36. The Balaban J connectivity index is 1.75. The third-order valence-electron chi connectivity index (χ3n) is 6.07. The van der Waals surface area contributed by atoms with Crippen LogP contribution in [0, 0.1) is 5.21 Å². The van der Waals surface area contributed by atoms with Gasteiger partial charge in [0.25, 0.3) is 0 Å². The van der Waals surface area contributed by atoms with Crippen LogP contribution in [0.2, 0.25) is 5.02 Å². The van der Waals surface area contributed by atoms with E-state index in [1.54, 1.807) is 29.1 Å². The zero-order valence-electron chi connectivity index (χ0n) is 19.3. The van der Waals surface area contributed by atoms with Gasteiger partial charge in [0.05, 0.1) is 29.3 Å². The number of aliphatic hydroxyl groups is 1. The van der Waals surface area contributed by atoms with Crippen molar-refractivity contribution in [3.63, 3.8) is 0 Å². The van der Waals surface area contributed by atoms with E-state index in [0.29, 0.717) is 38.5 Å². The van der Waals surface area contributed by atoms with E-state index >= 15 is 0 Å². The number of carbonyl (C=O) groups excluding carboxylic acids is 1. The first kappa shape index (κ1) is 23.0. The van der Waals surface area contributed by atoms with E-state index in [0.717, 1.165) is 16.5 Å². The minimum atomic E-state index is -0.698. The minimum absolute atomic E-state index is 0.195. The minimum Gasteiger partial charge on any atom is -0.616 e. The molecule has 178 valence electrons. The summed E-state index contributed by atoms with van der Waals surface area (Å²) in [6, 6.07) is 13.0. The molecular formula is C26H24ClN5O3. The molecule has 0 saturated carbocycles. The predicted molar refractivity (Wildman–Crippen MR) is 139 cm³/mol. The number of likely N-dealkylation sites (N-methyl/N-ethyl adjacent to an activating group) is 1. The number of benzene rings is 2. The molecule has 1 atom stereocenters. The smallest absolute Gasteiger partial charge is 0.433 e. The second-order valence-corrected chi connectivity index (χ2v) is 9.24. The van der Waals surface area contributed by atoms with Crippen LogP contribution in [0.15, 0.2) is 55.2 Å². The first-order chi connectivity index (χ1) is 16.8. The molecule has 0 saturated heterocycles. The molecule has 1 unspecified atom stereocenters. The summed E-state index contributed by atoms with van der Waals surface area (Å²) in [6.07, 6.45) is 4.14. The van der Waals surface area contributed by atoms with E-state index in [1.807, 2.05) is 54.0 Å². The average Bonchev–Trinajstić information content (AvgIpc) is 3.45. The van der Waals surface area contributed by atoms with Crippen molar-refractivity contribution in [1.82, 2.24) is 19.2 Å². The summed E-state index contributed by atoms with van der Waals surface area (Å²) in [5.41, 5.74) is 3.35. The molecule has 8 nitrogen and oxygen atoms in total. The maximum Gasteiger partial charge on any atom is 0.433 e. The summed E-state index contributed by atoms with van der Waals surface area (Å²) in [5.74, 6) is -0.698. The van der Waals surface area contributed by atoms with Crippen LogP contribution in [0.3, 0.4) is 0 Å². The number of allylic oxidation sites excluding steroid dienone is 1. The highest BCUT2D eigenvalue weighted by Crippen LogP contribution is 2.37. The van der Waals surface area contributed by atoms with Crippen molar-refractivity contribution in [3.8, 4) is 0 Å². The number of aromatic nitrogens is 3. The number of nitrogens with zero attached hydrogens (tertiary/aromatic N) is 5. The molecule has 0 radical (unpaired) electrons. The van der Waals surface area contributed by atoms with Crippen molar-refractivity contribution in [1.29, 1.82) is 0 Å². The summed E-state index contributed by atoms with van der Waals surface area (Å²) in [6.45, 7) is 4.53. The first-order valence-electron chi connectivity index (χ1n) is 11.1. The van der Waals surface area contributed by atoms with Crippen LogP contribution >= 0.6 is 11.6 Å². The van der Waals surface area contributed by atoms with Gasteiger partial charge in [-0.15, -0.1) is 4.74 Å². The Hall–Kier alpha value is -3.72.